The van der Waals surface area contributed by atoms with Gasteiger partial charge in [0.05, 0.1) is 5.69 Å². The third kappa shape index (κ3) is 2.91. The highest BCUT2D eigenvalue weighted by Gasteiger charge is 2.10. The van der Waals surface area contributed by atoms with Crippen molar-refractivity contribution >= 4 is 11.3 Å². The number of halogens is 2. The number of hydrogen-bond acceptors (Lipinski definition) is 3. The van der Waals surface area contributed by atoms with Gasteiger partial charge in [-0.15, -0.1) is 11.3 Å². The molecule has 0 radical (unpaired) electrons. The van der Waals surface area contributed by atoms with E-state index in [4.69, 9.17) is 5.73 Å². The van der Waals surface area contributed by atoms with Gasteiger partial charge in [0.2, 0.25) is 0 Å². The van der Waals surface area contributed by atoms with E-state index in [2.05, 4.69) is 11.9 Å². The van der Waals surface area contributed by atoms with Crippen molar-refractivity contribution in [3.8, 4) is 10.6 Å². The molecule has 0 amide bonds. The summed E-state index contributed by atoms with van der Waals surface area (Å²) in [6.07, 6.45) is 0.802. The van der Waals surface area contributed by atoms with E-state index >= 15 is 0 Å². The van der Waals surface area contributed by atoms with E-state index in [1.165, 1.54) is 23.5 Å². The lowest BCUT2D eigenvalue weighted by Gasteiger charge is -2.04. The van der Waals surface area contributed by atoms with Gasteiger partial charge in [-0.2, -0.15) is 0 Å². The fraction of sp³-hybridized carbons (Fsp3) is 0.308. The van der Waals surface area contributed by atoms with Crippen LogP contribution < -0.4 is 5.73 Å². The van der Waals surface area contributed by atoms with Gasteiger partial charge in [-0.05, 0) is 37.1 Å². The molecule has 2 aromatic rings. The van der Waals surface area contributed by atoms with Crippen LogP contribution in [-0.4, -0.2) is 11.5 Å². The van der Waals surface area contributed by atoms with Gasteiger partial charge in [-0.3, -0.25) is 0 Å². The topological polar surface area (TPSA) is 38.9 Å². The molecule has 0 fully saturated rings. The summed E-state index contributed by atoms with van der Waals surface area (Å²) in [6.45, 7) is 2.66. The highest BCUT2D eigenvalue weighted by atomic mass is 32.1. The van der Waals surface area contributed by atoms with Crippen LogP contribution in [0, 0.1) is 17.6 Å². The first-order valence-corrected chi connectivity index (χ1v) is 6.58. The van der Waals surface area contributed by atoms with Crippen LogP contribution in [0.4, 0.5) is 8.78 Å². The Labute approximate surface area is 108 Å². The van der Waals surface area contributed by atoms with Gasteiger partial charge in [0.15, 0.2) is 11.6 Å². The van der Waals surface area contributed by atoms with E-state index in [1.54, 1.807) is 0 Å². The SMILES string of the molecule is CC(CN)Cc1csc(-c2ccc(F)c(F)c2)n1. The van der Waals surface area contributed by atoms with Gasteiger partial charge < -0.3 is 5.73 Å². The zero-order chi connectivity index (χ0) is 13.1. The Bertz CT molecular complexity index is 540. The van der Waals surface area contributed by atoms with Crippen LogP contribution in [0.15, 0.2) is 23.6 Å². The molecule has 96 valence electrons. The van der Waals surface area contributed by atoms with Crippen LogP contribution in [0.3, 0.4) is 0 Å². The monoisotopic (exact) mass is 268 g/mol. The lowest BCUT2D eigenvalue weighted by Crippen LogP contribution is -2.13. The maximum absolute atomic E-state index is 13.1. The fourth-order valence-electron chi connectivity index (χ4n) is 1.60. The molecule has 2 rings (SSSR count). The first-order chi connectivity index (χ1) is 8.60. The summed E-state index contributed by atoms with van der Waals surface area (Å²) in [5, 5.41) is 2.64. The van der Waals surface area contributed by atoms with Crippen molar-refractivity contribution in [2.75, 3.05) is 6.54 Å². The van der Waals surface area contributed by atoms with Crippen molar-refractivity contribution in [3.63, 3.8) is 0 Å². The molecule has 18 heavy (non-hydrogen) atoms. The Morgan fingerprint density at radius 1 is 1.33 bits per heavy atom. The third-order valence-electron chi connectivity index (χ3n) is 2.68. The van der Waals surface area contributed by atoms with Gasteiger partial charge in [-0.1, -0.05) is 6.92 Å². The maximum atomic E-state index is 13.1. The lowest BCUT2D eigenvalue weighted by atomic mass is 10.1. The molecule has 5 heteroatoms. The first-order valence-electron chi connectivity index (χ1n) is 5.70. The number of nitrogens with zero attached hydrogens (tertiary/aromatic N) is 1. The van der Waals surface area contributed by atoms with Crippen molar-refractivity contribution in [2.45, 2.75) is 13.3 Å². The first kappa shape index (κ1) is 13.1. The minimum absolute atomic E-state index is 0.366. The van der Waals surface area contributed by atoms with Crippen molar-refractivity contribution < 1.29 is 8.78 Å². The summed E-state index contributed by atoms with van der Waals surface area (Å²) < 4.78 is 26.0. The van der Waals surface area contributed by atoms with Crippen LogP contribution in [-0.2, 0) is 6.42 Å². The average molecular weight is 268 g/mol. The second-order valence-electron chi connectivity index (χ2n) is 4.32. The summed E-state index contributed by atoms with van der Waals surface area (Å²) >= 11 is 1.43. The van der Waals surface area contributed by atoms with E-state index in [0.717, 1.165) is 18.2 Å². The van der Waals surface area contributed by atoms with E-state index in [9.17, 15) is 8.78 Å². The number of benzene rings is 1. The Kier molecular flexibility index (Phi) is 4.04. The predicted molar refractivity (Wildman–Crippen MR) is 69.4 cm³/mol. The van der Waals surface area contributed by atoms with Crippen molar-refractivity contribution in [1.29, 1.82) is 0 Å². The molecule has 0 spiro atoms. The molecule has 1 aromatic heterocycles. The maximum Gasteiger partial charge on any atom is 0.159 e. The fourth-order valence-corrected chi connectivity index (χ4v) is 2.43. The van der Waals surface area contributed by atoms with Crippen molar-refractivity contribution in [2.24, 2.45) is 11.7 Å². The van der Waals surface area contributed by atoms with Gasteiger partial charge >= 0.3 is 0 Å². The molecular weight excluding hydrogens is 254 g/mol. The molecule has 2 nitrogen and oxygen atoms in total. The van der Waals surface area contributed by atoms with Crippen LogP contribution in [0.1, 0.15) is 12.6 Å². The standard InChI is InChI=1S/C13H14F2N2S/c1-8(6-16)4-10-7-18-13(17-10)9-2-3-11(14)12(15)5-9/h2-3,5,7-8H,4,6,16H2,1H3. The molecule has 2 N–H and O–H groups in total. The summed E-state index contributed by atoms with van der Waals surface area (Å²) in [4.78, 5) is 4.41. The molecule has 0 bridgehead atoms. The third-order valence-corrected chi connectivity index (χ3v) is 3.62. The Morgan fingerprint density at radius 2 is 2.11 bits per heavy atom. The number of thiazole rings is 1. The Balaban J connectivity index is 2.21. The van der Waals surface area contributed by atoms with Crippen LogP contribution in [0.25, 0.3) is 10.6 Å². The molecule has 0 saturated carbocycles. The molecule has 0 aliphatic carbocycles. The highest BCUT2D eigenvalue weighted by Crippen LogP contribution is 2.26. The molecule has 1 unspecified atom stereocenters. The Hall–Kier alpha value is -1.33. The normalized spacial score (nSPS) is 12.7. The summed E-state index contributed by atoms with van der Waals surface area (Å²) in [5.74, 6) is -1.32. The summed E-state index contributed by atoms with van der Waals surface area (Å²) in [6, 6.07) is 3.83. The smallest absolute Gasteiger partial charge is 0.159 e. The number of aromatic nitrogens is 1. The van der Waals surface area contributed by atoms with Crippen molar-refractivity contribution in [1.82, 2.24) is 4.98 Å². The predicted octanol–water partition coefficient (Wildman–Crippen LogP) is 3.23. The van der Waals surface area contributed by atoms with Crippen LogP contribution >= 0.6 is 11.3 Å². The molecule has 1 aromatic carbocycles. The molecule has 0 saturated heterocycles. The van der Waals surface area contributed by atoms with Gasteiger partial charge in [-0.25, -0.2) is 13.8 Å². The minimum atomic E-state index is -0.848. The van der Waals surface area contributed by atoms with Crippen LogP contribution in [0.2, 0.25) is 0 Å². The van der Waals surface area contributed by atoms with E-state index < -0.39 is 11.6 Å². The molecule has 1 heterocycles. The zero-order valence-electron chi connectivity index (χ0n) is 9.99. The van der Waals surface area contributed by atoms with Gasteiger partial charge in [0, 0.05) is 10.9 Å². The molecule has 0 aliphatic rings. The van der Waals surface area contributed by atoms with E-state index in [1.807, 2.05) is 5.38 Å². The molecular formula is C13H14F2N2S. The zero-order valence-corrected chi connectivity index (χ0v) is 10.8. The van der Waals surface area contributed by atoms with Gasteiger partial charge in [0.25, 0.3) is 0 Å². The van der Waals surface area contributed by atoms with E-state index in [-0.39, 0.29) is 0 Å². The lowest BCUT2D eigenvalue weighted by molar-refractivity contribution is 0.509. The van der Waals surface area contributed by atoms with Gasteiger partial charge in [0.1, 0.15) is 5.01 Å². The quantitative estimate of drug-likeness (QED) is 0.924. The summed E-state index contributed by atoms with van der Waals surface area (Å²) in [5.41, 5.74) is 7.10. The number of hydrogen-bond donors (Lipinski definition) is 1. The van der Waals surface area contributed by atoms with Crippen LogP contribution in [0.5, 0.6) is 0 Å². The second kappa shape index (κ2) is 5.54. The Morgan fingerprint density at radius 3 is 2.78 bits per heavy atom. The molecule has 0 aliphatic heterocycles. The van der Waals surface area contributed by atoms with E-state index in [0.29, 0.717) is 23.0 Å². The van der Waals surface area contributed by atoms with Crippen molar-refractivity contribution in [3.05, 3.63) is 40.9 Å². The largest absolute Gasteiger partial charge is 0.330 e. The minimum Gasteiger partial charge on any atom is -0.330 e. The number of nitrogens with two attached hydrogens (primary N) is 1. The highest BCUT2D eigenvalue weighted by molar-refractivity contribution is 7.13. The summed E-state index contributed by atoms with van der Waals surface area (Å²) in [7, 11) is 0. The molecule has 1 atom stereocenters. The average Bonchev–Trinajstić information content (AvgIpc) is 2.81. The second-order valence-corrected chi connectivity index (χ2v) is 5.18. The number of rotatable bonds is 4.